The van der Waals surface area contributed by atoms with E-state index in [1.54, 1.807) is 19.2 Å². The van der Waals surface area contributed by atoms with Crippen molar-refractivity contribution in [2.45, 2.75) is 19.3 Å². The maximum atomic E-state index is 12.6. The fraction of sp³-hybridized carbons (Fsp3) is 0.333. The van der Waals surface area contributed by atoms with Crippen molar-refractivity contribution in [1.29, 1.82) is 0 Å². The minimum Gasteiger partial charge on any atom is -0.497 e. The summed E-state index contributed by atoms with van der Waals surface area (Å²) in [5.74, 6) is 0.429. The fourth-order valence-corrected chi connectivity index (χ4v) is 3.37. The Morgan fingerprint density at radius 3 is 2.12 bits per heavy atom. The number of carbonyl (C=O) groups excluding carboxylic acids is 1. The van der Waals surface area contributed by atoms with Gasteiger partial charge in [-0.25, -0.2) is 4.79 Å². The third-order valence-corrected chi connectivity index (χ3v) is 4.96. The molecule has 3 rings (SSSR count). The van der Waals surface area contributed by atoms with E-state index in [2.05, 4.69) is 12.1 Å². The molecule has 1 N–H and O–H groups in total. The lowest BCUT2D eigenvalue weighted by Crippen LogP contribution is -2.38. The van der Waals surface area contributed by atoms with Gasteiger partial charge in [0.25, 0.3) is 5.91 Å². The van der Waals surface area contributed by atoms with Crippen LogP contribution in [-0.2, 0) is 6.42 Å². The van der Waals surface area contributed by atoms with Crippen LogP contribution in [0.5, 0.6) is 5.75 Å². The molecule has 0 aromatic heterocycles. The second-order valence-electron chi connectivity index (χ2n) is 6.67. The Balaban J connectivity index is 1.53. The Hall–Kier alpha value is -2.82. The molecule has 0 saturated carbocycles. The first-order valence-corrected chi connectivity index (χ1v) is 8.82. The van der Waals surface area contributed by atoms with Crippen LogP contribution in [0.2, 0.25) is 0 Å². The molecule has 1 aliphatic rings. The highest BCUT2D eigenvalue weighted by molar-refractivity contribution is 5.95. The number of piperidine rings is 1. The number of hydrogen-bond acceptors (Lipinski definition) is 3. The first-order valence-electron chi connectivity index (χ1n) is 8.82. The lowest BCUT2D eigenvalue weighted by Gasteiger charge is -2.32. The summed E-state index contributed by atoms with van der Waals surface area (Å²) in [4.78, 5) is 25.3. The van der Waals surface area contributed by atoms with E-state index in [0.717, 1.165) is 38.1 Å². The van der Waals surface area contributed by atoms with Gasteiger partial charge in [-0.3, -0.25) is 4.79 Å². The zero-order chi connectivity index (χ0) is 18.5. The van der Waals surface area contributed by atoms with Gasteiger partial charge in [-0.15, -0.1) is 0 Å². The number of rotatable bonds is 5. The monoisotopic (exact) mass is 353 g/mol. The van der Waals surface area contributed by atoms with Gasteiger partial charge in [0.2, 0.25) is 0 Å². The summed E-state index contributed by atoms with van der Waals surface area (Å²) in [5.41, 5.74) is 2.03. The molecule has 1 saturated heterocycles. The molecule has 0 unspecified atom stereocenters. The van der Waals surface area contributed by atoms with Crippen LogP contribution in [-0.4, -0.2) is 42.1 Å². The predicted molar refractivity (Wildman–Crippen MR) is 98.7 cm³/mol. The minimum absolute atomic E-state index is 0.0233. The zero-order valence-corrected chi connectivity index (χ0v) is 14.9. The van der Waals surface area contributed by atoms with E-state index in [-0.39, 0.29) is 11.5 Å². The summed E-state index contributed by atoms with van der Waals surface area (Å²) in [6, 6.07) is 14.3. The minimum atomic E-state index is -0.983. The molecule has 5 heteroatoms. The van der Waals surface area contributed by atoms with Crippen molar-refractivity contribution in [3.63, 3.8) is 0 Å². The zero-order valence-electron chi connectivity index (χ0n) is 14.9. The van der Waals surface area contributed by atoms with E-state index in [1.807, 2.05) is 17.0 Å². The molecule has 0 aliphatic carbocycles. The molecule has 2 aromatic rings. The van der Waals surface area contributed by atoms with Crippen molar-refractivity contribution < 1.29 is 19.4 Å². The van der Waals surface area contributed by atoms with Gasteiger partial charge in [-0.2, -0.15) is 0 Å². The number of ether oxygens (including phenoxy) is 1. The molecule has 0 atom stereocenters. The summed E-state index contributed by atoms with van der Waals surface area (Å²) in [5, 5.41) is 8.94. The number of carbonyl (C=O) groups is 2. The first kappa shape index (κ1) is 18.0. The first-order chi connectivity index (χ1) is 12.6. The van der Waals surface area contributed by atoms with Gasteiger partial charge in [0.15, 0.2) is 0 Å². The molecular weight excluding hydrogens is 330 g/mol. The molecule has 0 spiro atoms. The van der Waals surface area contributed by atoms with E-state index in [9.17, 15) is 9.59 Å². The Bertz CT molecular complexity index is 760. The fourth-order valence-electron chi connectivity index (χ4n) is 3.37. The Labute approximate surface area is 153 Å². The third kappa shape index (κ3) is 4.23. The van der Waals surface area contributed by atoms with Crippen molar-refractivity contribution in [1.82, 2.24) is 4.90 Å². The average molecular weight is 353 g/mol. The topological polar surface area (TPSA) is 66.8 Å². The number of likely N-dealkylation sites (tertiary alicyclic amines) is 1. The lowest BCUT2D eigenvalue weighted by molar-refractivity contribution is 0.0679. The summed E-state index contributed by atoms with van der Waals surface area (Å²) < 4.78 is 5.19. The number of methoxy groups -OCH3 is 1. The van der Waals surface area contributed by atoms with Gasteiger partial charge in [0, 0.05) is 18.7 Å². The molecule has 26 heavy (non-hydrogen) atoms. The highest BCUT2D eigenvalue weighted by Gasteiger charge is 2.24. The standard InChI is InChI=1S/C21H23NO4/c1-26-19-8-2-15(3-9-19)14-16-10-12-22(13-11-16)20(23)17-4-6-18(7-5-17)21(24)25/h2-9,16H,10-14H2,1H3,(H,24,25). The quantitative estimate of drug-likeness (QED) is 0.893. The van der Waals surface area contributed by atoms with Gasteiger partial charge in [-0.1, -0.05) is 12.1 Å². The Morgan fingerprint density at radius 1 is 1.00 bits per heavy atom. The van der Waals surface area contributed by atoms with Gasteiger partial charge in [0.1, 0.15) is 5.75 Å². The number of benzene rings is 2. The Morgan fingerprint density at radius 2 is 1.58 bits per heavy atom. The van der Waals surface area contributed by atoms with E-state index >= 15 is 0 Å². The number of carboxylic acids is 1. The molecule has 1 fully saturated rings. The molecule has 2 aromatic carbocycles. The van der Waals surface area contributed by atoms with Crippen LogP contribution >= 0.6 is 0 Å². The second-order valence-corrected chi connectivity index (χ2v) is 6.67. The maximum Gasteiger partial charge on any atom is 0.335 e. The highest BCUT2D eigenvalue weighted by Crippen LogP contribution is 2.24. The van der Waals surface area contributed by atoms with Crippen LogP contribution in [0.4, 0.5) is 0 Å². The van der Waals surface area contributed by atoms with Gasteiger partial charge >= 0.3 is 5.97 Å². The van der Waals surface area contributed by atoms with Crippen LogP contribution in [0.25, 0.3) is 0 Å². The molecule has 136 valence electrons. The lowest BCUT2D eigenvalue weighted by atomic mass is 9.90. The second kappa shape index (κ2) is 8.04. The van der Waals surface area contributed by atoms with Crippen molar-refractivity contribution in [2.75, 3.05) is 20.2 Å². The largest absolute Gasteiger partial charge is 0.497 e. The molecule has 0 radical (unpaired) electrons. The molecular formula is C21H23NO4. The van der Waals surface area contributed by atoms with E-state index in [4.69, 9.17) is 9.84 Å². The van der Waals surface area contributed by atoms with Gasteiger partial charge < -0.3 is 14.7 Å². The number of hydrogen-bond donors (Lipinski definition) is 1. The predicted octanol–water partition coefficient (Wildman–Crippen LogP) is 3.49. The summed E-state index contributed by atoms with van der Waals surface area (Å²) in [6.45, 7) is 1.47. The summed E-state index contributed by atoms with van der Waals surface area (Å²) in [7, 11) is 1.66. The number of aromatic carboxylic acids is 1. The highest BCUT2D eigenvalue weighted by atomic mass is 16.5. The van der Waals surface area contributed by atoms with E-state index in [1.165, 1.54) is 17.7 Å². The van der Waals surface area contributed by atoms with Gasteiger partial charge in [-0.05, 0) is 67.1 Å². The molecule has 5 nitrogen and oxygen atoms in total. The average Bonchev–Trinajstić information content (AvgIpc) is 2.69. The maximum absolute atomic E-state index is 12.6. The molecule has 1 aliphatic heterocycles. The van der Waals surface area contributed by atoms with E-state index in [0.29, 0.717) is 11.5 Å². The van der Waals surface area contributed by atoms with Gasteiger partial charge in [0.05, 0.1) is 12.7 Å². The van der Waals surface area contributed by atoms with Crippen LogP contribution in [0, 0.1) is 5.92 Å². The van der Waals surface area contributed by atoms with Crippen molar-refractivity contribution >= 4 is 11.9 Å². The molecule has 0 bridgehead atoms. The SMILES string of the molecule is COc1ccc(CC2CCN(C(=O)c3ccc(C(=O)O)cc3)CC2)cc1. The Kier molecular flexibility index (Phi) is 5.56. The third-order valence-electron chi connectivity index (χ3n) is 4.96. The number of amides is 1. The molecule has 1 heterocycles. The summed E-state index contributed by atoms with van der Waals surface area (Å²) >= 11 is 0. The van der Waals surface area contributed by atoms with Crippen molar-refractivity contribution in [2.24, 2.45) is 5.92 Å². The normalized spacial score (nSPS) is 14.9. The van der Waals surface area contributed by atoms with E-state index < -0.39 is 5.97 Å². The summed E-state index contributed by atoms with van der Waals surface area (Å²) in [6.07, 6.45) is 2.97. The molecule has 1 amide bonds. The smallest absolute Gasteiger partial charge is 0.335 e. The van der Waals surface area contributed by atoms with Crippen LogP contribution in [0.15, 0.2) is 48.5 Å². The number of nitrogens with zero attached hydrogens (tertiary/aromatic N) is 1. The van der Waals surface area contributed by atoms with Crippen molar-refractivity contribution in [3.05, 3.63) is 65.2 Å². The van der Waals surface area contributed by atoms with Crippen LogP contribution < -0.4 is 4.74 Å². The number of carboxylic acid groups (broad SMARTS) is 1. The van der Waals surface area contributed by atoms with Crippen LogP contribution in [0.3, 0.4) is 0 Å². The van der Waals surface area contributed by atoms with Crippen molar-refractivity contribution in [3.8, 4) is 5.75 Å². The van der Waals surface area contributed by atoms with Crippen LogP contribution in [0.1, 0.15) is 39.1 Å².